The Bertz CT molecular complexity index is 1150. The van der Waals surface area contributed by atoms with Gasteiger partial charge in [0.1, 0.15) is 5.75 Å². The van der Waals surface area contributed by atoms with E-state index in [0.717, 1.165) is 27.8 Å². The summed E-state index contributed by atoms with van der Waals surface area (Å²) in [6, 6.07) is 17.8. The molecule has 0 spiro atoms. The van der Waals surface area contributed by atoms with Crippen LogP contribution in [0.2, 0.25) is 0 Å². The number of hydrogen-bond acceptors (Lipinski definition) is 3. The number of nitrogens with one attached hydrogen (secondary N) is 1. The summed E-state index contributed by atoms with van der Waals surface area (Å²) in [4.78, 5) is 24.3. The van der Waals surface area contributed by atoms with Gasteiger partial charge in [0.15, 0.2) is 0 Å². The van der Waals surface area contributed by atoms with E-state index in [0.29, 0.717) is 17.0 Å². The monoisotopic (exact) mass is 371 g/mol. The smallest absolute Gasteiger partial charge is 0.335 e. The minimum absolute atomic E-state index is 0.0322. The van der Waals surface area contributed by atoms with Gasteiger partial charge < -0.3 is 15.2 Å². The average molecular weight is 371 g/mol. The van der Waals surface area contributed by atoms with Crippen molar-refractivity contribution in [1.29, 1.82) is 0 Å². The maximum atomic E-state index is 13.0. The van der Waals surface area contributed by atoms with E-state index < -0.39 is 5.97 Å². The van der Waals surface area contributed by atoms with Gasteiger partial charge >= 0.3 is 5.97 Å². The van der Waals surface area contributed by atoms with Crippen molar-refractivity contribution in [3.63, 3.8) is 0 Å². The summed E-state index contributed by atoms with van der Waals surface area (Å²) in [7, 11) is 1.44. The number of carbonyl (C=O) groups is 2. The lowest BCUT2D eigenvalue weighted by Crippen LogP contribution is -2.14. The van der Waals surface area contributed by atoms with E-state index in [1.165, 1.54) is 19.2 Å². The van der Waals surface area contributed by atoms with Gasteiger partial charge in [-0.25, -0.2) is 4.79 Å². The van der Waals surface area contributed by atoms with Crippen LogP contribution < -0.4 is 10.1 Å². The zero-order chi connectivity index (χ0) is 19.8. The number of anilines is 1. The zero-order valence-electron chi connectivity index (χ0n) is 15.2. The predicted molar refractivity (Wildman–Crippen MR) is 108 cm³/mol. The molecule has 0 fully saturated rings. The predicted octanol–water partition coefficient (Wildman–Crippen LogP) is 4.69. The Kier molecular flexibility index (Phi) is 4.20. The topological polar surface area (TPSA) is 75.6 Å². The van der Waals surface area contributed by atoms with Crippen molar-refractivity contribution in [3.8, 4) is 16.9 Å². The lowest BCUT2D eigenvalue weighted by molar-refractivity contribution is 0.0696. The van der Waals surface area contributed by atoms with Gasteiger partial charge in [-0.15, -0.1) is 0 Å². The molecule has 2 N–H and O–H groups in total. The van der Waals surface area contributed by atoms with Crippen LogP contribution in [0.4, 0.5) is 5.69 Å². The average Bonchev–Trinajstić information content (AvgIpc) is 3.00. The summed E-state index contributed by atoms with van der Waals surface area (Å²) in [6.07, 6.45) is 0. The number of hydrogen-bond donors (Lipinski definition) is 2. The lowest BCUT2D eigenvalue weighted by atomic mass is 9.98. The molecule has 0 saturated heterocycles. The van der Waals surface area contributed by atoms with E-state index in [9.17, 15) is 14.7 Å². The molecule has 0 aliphatic heterocycles. The summed E-state index contributed by atoms with van der Waals surface area (Å²) in [5, 5.41) is 12.0. The highest BCUT2D eigenvalue weighted by Crippen LogP contribution is 2.44. The summed E-state index contributed by atoms with van der Waals surface area (Å²) >= 11 is 0. The molecule has 3 aromatic rings. The van der Waals surface area contributed by atoms with Crippen molar-refractivity contribution in [2.24, 2.45) is 0 Å². The Hall–Kier alpha value is -3.86. The number of rotatable bonds is 4. The highest BCUT2D eigenvalue weighted by atomic mass is 16.5. The van der Waals surface area contributed by atoms with Gasteiger partial charge in [-0.05, 0) is 40.5 Å². The van der Waals surface area contributed by atoms with Crippen LogP contribution in [0.25, 0.3) is 16.7 Å². The fourth-order valence-corrected chi connectivity index (χ4v) is 3.52. The third-order valence-electron chi connectivity index (χ3n) is 4.80. The van der Waals surface area contributed by atoms with E-state index in [1.807, 2.05) is 36.4 Å². The fraction of sp³-hybridized carbons (Fsp3) is 0.0435. The number of ether oxygens (including phenoxy) is 1. The van der Waals surface area contributed by atoms with Gasteiger partial charge in [-0.3, -0.25) is 4.79 Å². The molecule has 3 aromatic carbocycles. The van der Waals surface area contributed by atoms with Crippen molar-refractivity contribution >= 4 is 23.1 Å². The quantitative estimate of drug-likeness (QED) is 0.546. The first-order chi connectivity index (χ1) is 13.5. The SMILES string of the molecule is C=C1c2ccccc2-c2cccc(C(=O)Nc3cc(OC)cc(C(=O)O)c3)c21. The van der Waals surface area contributed by atoms with Crippen LogP contribution in [0.1, 0.15) is 31.8 Å². The number of fused-ring (bicyclic) bond motifs is 3. The van der Waals surface area contributed by atoms with Crippen LogP contribution in [0.5, 0.6) is 5.75 Å². The van der Waals surface area contributed by atoms with Gasteiger partial charge in [0.2, 0.25) is 0 Å². The second-order valence-electron chi connectivity index (χ2n) is 6.46. The first kappa shape index (κ1) is 17.5. The van der Waals surface area contributed by atoms with E-state index in [-0.39, 0.29) is 11.5 Å². The third-order valence-corrected chi connectivity index (χ3v) is 4.80. The van der Waals surface area contributed by atoms with Crippen LogP contribution in [0.15, 0.2) is 67.2 Å². The first-order valence-electron chi connectivity index (χ1n) is 8.65. The molecule has 5 heteroatoms. The van der Waals surface area contributed by atoms with E-state index in [1.54, 1.807) is 12.1 Å². The summed E-state index contributed by atoms with van der Waals surface area (Å²) in [5.41, 5.74) is 5.48. The third kappa shape index (κ3) is 2.83. The molecule has 4 rings (SSSR count). The molecule has 5 nitrogen and oxygen atoms in total. The van der Waals surface area contributed by atoms with Crippen molar-refractivity contribution in [2.75, 3.05) is 12.4 Å². The first-order valence-corrected chi connectivity index (χ1v) is 8.65. The number of carbonyl (C=O) groups excluding carboxylic acids is 1. The Balaban J connectivity index is 1.73. The number of methoxy groups -OCH3 is 1. The van der Waals surface area contributed by atoms with Gasteiger partial charge in [-0.2, -0.15) is 0 Å². The van der Waals surface area contributed by atoms with Crippen LogP contribution in [-0.4, -0.2) is 24.1 Å². The number of carboxylic acids is 1. The van der Waals surface area contributed by atoms with Crippen LogP contribution in [0.3, 0.4) is 0 Å². The fourth-order valence-electron chi connectivity index (χ4n) is 3.52. The molecular formula is C23H17NO4. The van der Waals surface area contributed by atoms with E-state index in [4.69, 9.17) is 4.74 Å². The lowest BCUT2D eigenvalue weighted by Gasteiger charge is -2.12. The molecule has 1 aliphatic carbocycles. The molecule has 0 atom stereocenters. The molecule has 138 valence electrons. The molecule has 0 heterocycles. The molecule has 1 amide bonds. The minimum Gasteiger partial charge on any atom is -0.497 e. The largest absolute Gasteiger partial charge is 0.497 e. The van der Waals surface area contributed by atoms with Gasteiger partial charge in [0.25, 0.3) is 5.91 Å². The molecule has 0 aromatic heterocycles. The number of aromatic carboxylic acids is 1. The second kappa shape index (κ2) is 6.70. The molecule has 28 heavy (non-hydrogen) atoms. The Morgan fingerprint density at radius 1 is 0.964 bits per heavy atom. The molecule has 0 saturated carbocycles. The van der Waals surface area contributed by atoms with Crippen molar-refractivity contribution in [1.82, 2.24) is 0 Å². The molecule has 0 unspecified atom stereocenters. The Labute approximate surface area is 161 Å². The van der Waals surface area contributed by atoms with Crippen molar-refractivity contribution < 1.29 is 19.4 Å². The van der Waals surface area contributed by atoms with Gasteiger partial charge in [0.05, 0.1) is 12.7 Å². The summed E-state index contributed by atoms with van der Waals surface area (Å²) in [5.74, 6) is -1.08. The maximum absolute atomic E-state index is 13.0. The van der Waals surface area contributed by atoms with E-state index >= 15 is 0 Å². The molecular weight excluding hydrogens is 354 g/mol. The van der Waals surface area contributed by atoms with Crippen LogP contribution >= 0.6 is 0 Å². The molecule has 0 bridgehead atoms. The number of benzene rings is 3. The standard InChI is InChI=1S/C23H17NO4/c1-13-17-6-3-4-7-18(17)19-8-5-9-20(21(13)19)22(25)24-15-10-14(23(26)27)11-16(12-15)28-2/h3-12H,1H2,2H3,(H,24,25)(H,26,27). The van der Waals surface area contributed by atoms with E-state index in [2.05, 4.69) is 11.9 Å². The number of amides is 1. The van der Waals surface area contributed by atoms with Crippen LogP contribution in [-0.2, 0) is 0 Å². The second-order valence-corrected chi connectivity index (χ2v) is 6.46. The minimum atomic E-state index is -1.10. The van der Waals surface area contributed by atoms with Crippen molar-refractivity contribution in [2.45, 2.75) is 0 Å². The normalized spacial score (nSPS) is 11.5. The Morgan fingerprint density at radius 3 is 2.39 bits per heavy atom. The summed E-state index contributed by atoms with van der Waals surface area (Å²) < 4.78 is 5.14. The maximum Gasteiger partial charge on any atom is 0.335 e. The highest BCUT2D eigenvalue weighted by molar-refractivity contribution is 6.13. The van der Waals surface area contributed by atoms with Crippen LogP contribution in [0, 0.1) is 0 Å². The van der Waals surface area contributed by atoms with Gasteiger partial charge in [-0.1, -0.05) is 43.0 Å². The van der Waals surface area contributed by atoms with Crippen molar-refractivity contribution in [3.05, 3.63) is 89.5 Å². The number of carboxylic acid groups (broad SMARTS) is 1. The summed E-state index contributed by atoms with van der Waals surface area (Å²) in [6.45, 7) is 4.17. The van der Waals surface area contributed by atoms with Gasteiger partial charge in [0, 0.05) is 22.9 Å². The highest BCUT2D eigenvalue weighted by Gasteiger charge is 2.26. The zero-order valence-corrected chi connectivity index (χ0v) is 15.2. The molecule has 1 aliphatic rings. The Morgan fingerprint density at radius 2 is 1.68 bits per heavy atom. The molecule has 0 radical (unpaired) electrons.